The SMILES string of the molecule is O=C(O)C1CN(C(=O)c2cc3n(n2)CCCN(C(=O)OCc2cc(C(F)(F)F)cc(C(F)(F)F)c2)C3)CCN1. The summed E-state index contributed by atoms with van der Waals surface area (Å²) in [6.07, 6.45) is -10.6. The fourth-order valence-electron chi connectivity index (χ4n) is 4.32. The van der Waals surface area contributed by atoms with E-state index in [-0.39, 0.29) is 44.5 Å². The highest BCUT2D eigenvalue weighted by atomic mass is 19.4. The van der Waals surface area contributed by atoms with Crippen molar-refractivity contribution >= 4 is 18.0 Å². The van der Waals surface area contributed by atoms with Crippen LogP contribution in [-0.4, -0.2) is 74.9 Å². The molecule has 0 aliphatic carbocycles. The van der Waals surface area contributed by atoms with E-state index in [1.54, 1.807) is 0 Å². The van der Waals surface area contributed by atoms with E-state index in [0.717, 1.165) is 0 Å². The van der Waals surface area contributed by atoms with Gasteiger partial charge in [-0.2, -0.15) is 31.4 Å². The highest BCUT2D eigenvalue weighted by molar-refractivity contribution is 5.93. The number of ether oxygens (including phenoxy) is 1. The minimum atomic E-state index is -5.03. The first-order valence-electron chi connectivity index (χ1n) is 11.7. The van der Waals surface area contributed by atoms with Crippen molar-refractivity contribution in [1.29, 1.82) is 0 Å². The molecule has 2 N–H and O–H groups in total. The number of amides is 2. The second kappa shape index (κ2) is 10.7. The number of aryl methyl sites for hydroxylation is 1. The summed E-state index contributed by atoms with van der Waals surface area (Å²) in [5, 5.41) is 16.3. The van der Waals surface area contributed by atoms with Gasteiger partial charge in [0.25, 0.3) is 5.91 Å². The number of aliphatic carboxylic acids is 1. The number of hydrogen-bond donors (Lipinski definition) is 2. The van der Waals surface area contributed by atoms with E-state index in [9.17, 15) is 45.8 Å². The van der Waals surface area contributed by atoms with Crippen LogP contribution in [0.15, 0.2) is 24.3 Å². The molecule has 0 bridgehead atoms. The molecule has 2 amide bonds. The van der Waals surface area contributed by atoms with Crippen molar-refractivity contribution in [3.8, 4) is 0 Å². The number of carboxylic acid groups (broad SMARTS) is 1. The molecule has 0 saturated carbocycles. The fourth-order valence-corrected chi connectivity index (χ4v) is 4.32. The molecule has 16 heteroatoms. The smallest absolute Gasteiger partial charge is 0.416 e. The van der Waals surface area contributed by atoms with Gasteiger partial charge < -0.3 is 25.0 Å². The van der Waals surface area contributed by atoms with E-state index in [1.165, 1.54) is 20.5 Å². The molecular formula is C23H23F6N5O5. The van der Waals surface area contributed by atoms with Gasteiger partial charge in [0.15, 0.2) is 5.69 Å². The lowest BCUT2D eigenvalue weighted by molar-refractivity contribution is -0.143. The Labute approximate surface area is 217 Å². The van der Waals surface area contributed by atoms with Gasteiger partial charge in [-0.3, -0.25) is 14.3 Å². The van der Waals surface area contributed by atoms with Crippen molar-refractivity contribution in [3.63, 3.8) is 0 Å². The monoisotopic (exact) mass is 563 g/mol. The molecule has 10 nitrogen and oxygen atoms in total. The zero-order valence-electron chi connectivity index (χ0n) is 20.2. The number of carbonyl (C=O) groups is 3. The van der Waals surface area contributed by atoms with Crippen LogP contribution in [0.2, 0.25) is 0 Å². The summed E-state index contributed by atoms with van der Waals surface area (Å²) >= 11 is 0. The molecule has 39 heavy (non-hydrogen) atoms. The molecule has 2 aromatic rings. The second-order valence-electron chi connectivity index (χ2n) is 9.08. The van der Waals surface area contributed by atoms with E-state index < -0.39 is 59.7 Å². The molecule has 0 spiro atoms. The largest absolute Gasteiger partial charge is 0.480 e. The second-order valence-corrected chi connectivity index (χ2v) is 9.08. The average molecular weight is 563 g/mol. The molecule has 1 unspecified atom stereocenters. The number of carbonyl (C=O) groups excluding carboxylic acids is 2. The van der Waals surface area contributed by atoms with E-state index in [1.807, 2.05) is 0 Å². The van der Waals surface area contributed by atoms with Gasteiger partial charge in [0, 0.05) is 32.7 Å². The van der Waals surface area contributed by atoms with Crippen LogP contribution in [0.4, 0.5) is 31.1 Å². The summed E-state index contributed by atoms with van der Waals surface area (Å²) in [6.45, 7) is 0.101. The Morgan fingerprint density at radius 2 is 1.64 bits per heavy atom. The number of nitrogens with zero attached hydrogens (tertiary/aromatic N) is 4. The highest BCUT2D eigenvalue weighted by Gasteiger charge is 2.37. The van der Waals surface area contributed by atoms with E-state index in [2.05, 4.69) is 10.4 Å². The lowest BCUT2D eigenvalue weighted by Crippen LogP contribution is -2.55. The Bertz CT molecular complexity index is 1230. The first-order valence-corrected chi connectivity index (χ1v) is 11.7. The number of alkyl halides is 6. The number of piperazine rings is 1. The van der Waals surface area contributed by atoms with Crippen LogP contribution in [0.1, 0.15) is 39.3 Å². The molecule has 2 aliphatic rings. The number of nitrogens with one attached hydrogen (secondary N) is 1. The van der Waals surface area contributed by atoms with Gasteiger partial charge in [-0.05, 0) is 36.2 Å². The molecule has 3 heterocycles. The summed E-state index contributed by atoms with van der Waals surface area (Å²) in [4.78, 5) is 39.4. The van der Waals surface area contributed by atoms with Crippen LogP contribution in [0, 0.1) is 0 Å². The Morgan fingerprint density at radius 3 is 2.26 bits per heavy atom. The lowest BCUT2D eigenvalue weighted by atomic mass is 10.1. The molecule has 1 saturated heterocycles. The Kier molecular flexibility index (Phi) is 7.77. The van der Waals surface area contributed by atoms with Gasteiger partial charge in [-0.1, -0.05) is 0 Å². The Balaban J connectivity index is 1.44. The maximum atomic E-state index is 13.1. The van der Waals surface area contributed by atoms with Crippen molar-refractivity contribution in [1.82, 2.24) is 24.9 Å². The van der Waals surface area contributed by atoms with Gasteiger partial charge in [0.1, 0.15) is 12.6 Å². The minimum Gasteiger partial charge on any atom is -0.480 e. The topological polar surface area (TPSA) is 117 Å². The maximum Gasteiger partial charge on any atom is 0.416 e. The van der Waals surface area contributed by atoms with Gasteiger partial charge >= 0.3 is 24.4 Å². The van der Waals surface area contributed by atoms with Gasteiger partial charge in [0.05, 0.1) is 23.4 Å². The van der Waals surface area contributed by atoms with Crippen molar-refractivity contribution < 1.29 is 50.6 Å². The number of halogens is 6. The Hall–Kier alpha value is -3.82. The molecule has 0 radical (unpaired) electrons. The lowest BCUT2D eigenvalue weighted by Gasteiger charge is -2.31. The van der Waals surface area contributed by atoms with Crippen LogP contribution in [0.25, 0.3) is 0 Å². The van der Waals surface area contributed by atoms with Crippen LogP contribution in [0.5, 0.6) is 0 Å². The first-order chi connectivity index (χ1) is 18.2. The predicted octanol–water partition coefficient (Wildman–Crippen LogP) is 2.96. The molecule has 1 aromatic heterocycles. The summed E-state index contributed by atoms with van der Waals surface area (Å²) in [6, 6.07) is 1.50. The molecule has 4 rings (SSSR count). The van der Waals surface area contributed by atoms with Gasteiger partial charge in [0.2, 0.25) is 0 Å². The molecular weight excluding hydrogens is 540 g/mol. The third-order valence-corrected chi connectivity index (χ3v) is 6.26. The quantitative estimate of drug-likeness (QED) is 0.550. The fraction of sp³-hybridized carbons (Fsp3) is 0.478. The average Bonchev–Trinajstić information content (AvgIpc) is 3.16. The summed E-state index contributed by atoms with van der Waals surface area (Å²) in [5.41, 5.74) is -3.00. The van der Waals surface area contributed by atoms with Crippen LogP contribution in [0.3, 0.4) is 0 Å². The number of aromatic nitrogens is 2. The molecule has 212 valence electrons. The van der Waals surface area contributed by atoms with Crippen molar-refractivity contribution in [3.05, 3.63) is 52.3 Å². The Morgan fingerprint density at radius 1 is 0.974 bits per heavy atom. The van der Waals surface area contributed by atoms with Crippen LogP contribution < -0.4 is 5.32 Å². The number of hydrogen-bond acceptors (Lipinski definition) is 6. The number of fused-ring (bicyclic) bond motifs is 1. The third kappa shape index (κ3) is 6.61. The molecule has 2 aliphatic heterocycles. The third-order valence-electron chi connectivity index (χ3n) is 6.26. The van der Waals surface area contributed by atoms with Gasteiger partial charge in [-0.25, -0.2) is 4.79 Å². The predicted molar refractivity (Wildman–Crippen MR) is 119 cm³/mol. The maximum absolute atomic E-state index is 13.1. The summed E-state index contributed by atoms with van der Waals surface area (Å²) in [5.74, 6) is -1.58. The normalized spacial score (nSPS) is 18.4. The number of benzene rings is 1. The van der Waals surface area contributed by atoms with Crippen molar-refractivity contribution in [2.24, 2.45) is 0 Å². The van der Waals surface area contributed by atoms with E-state index in [0.29, 0.717) is 30.8 Å². The highest BCUT2D eigenvalue weighted by Crippen LogP contribution is 2.36. The summed E-state index contributed by atoms with van der Waals surface area (Å²) < 4.78 is 85.1. The molecule has 1 fully saturated rings. The zero-order chi connectivity index (χ0) is 28.5. The standard InChI is InChI=1S/C23H23F6N5O5/c24-22(25,26)14-6-13(7-15(8-14)23(27,28)29)12-39-21(38)33-3-1-4-34-16(10-33)9-17(31-34)19(35)32-5-2-30-18(11-32)20(36)37/h6-9,18,30H,1-5,10-12H2,(H,36,37). The minimum absolute atomic E-state index is 0.0115. The molecule has 1 aromatic carbocycles. The van der Waals surface area contributed by atoms with E-state index >= 15 is 0 Å². The first kappa shape index (κ1) is 28.2. The number of carboxylic acids is 1. The summed E-state index contributed by atoms with van der Waals surface area (Å²) in [7, 11) is 0. The van der Waals surface area contributed by atoms with Crippen LogP contribution >= 0.6 is 0 Å². The number of rotatable bonds is 4. The molecule has 1 atom stereocenters. The van der Waals surface area contributed by atoms with E-state index in [4.69, 9.17) is 4.74 Å². The zero-order valence-corrected chi connectivity index (χ0v) is 20.2. The van der Waals surface area contributed by atoms with Crippen molar-refractivity contribution in [2.75, 3.05) is 26.2 Å². The van der Waals surface area contributed by atoms with Crippen LogP contribution in [-0.2, 0) is 41.6 Å². The van der Waals surface area contributed by atoms with Crippen molar-refractivity contribution in [2.45, 2.75) is 44.5 Å². The van der Waals surface area contributed by atoms with Gasteiger partial charge in [-0.15, -0.1) is 0 Å².